The third-order valence-corrected chi connectivity index (χ3v) is 11.7. The number of aliphatic hydroxyl groups is 2. The minimum absolute atomic E-state index is 0.170. The molecule has 0 radical (unpaired) electrons. The highest BCUT2D eigenvalue weighted by Gasteiger charge is 2.53. The summed E-state index contributed by atoms with van der Waals surface area (Å²) in [5, 5.41) is 23.1. The molecule has 3 heterocycles. The number of Topliss-reactive ketones (excluding diaryl/α,β-unsaturated/α-hetero) is 1. The second kappa shape index (κ2) is 17.7. The number of ether oxygens (including phenoxy) is 9. The zero-order valence-corrected chi connectivity index (χ0v) is 33.2. The third kappa shape index (κ3) is 9.41. The first kappa shape index (κ1) is 43.9. The zero-order chi connectivity index (χ0) is 38.6. The smallest absolute Gasteiger partial charge is 0.311 e. The van der Waals surface area contributed by atoms with Crippen LogP contribution in [0.1, 0.15) is 88.5 Å². The molecule has 17 atom stereocenters. The van der Waals surface area contributed by atoms with Gasteiger partial charge in [-0.15, -0.1) is 0 Å². The second-order valence-corrected chi connectivity index (χ2v) is 15.6. The predicted octanol–water partition coefficient (Wildman–Crippen LogP) is 3.98. The van der Waals surface area contributed by atoms with Crippen LogP contribution < -0.4 is 0 Å². The molecule has 13 heteroatoms. The molecule has 13 nitrogen and oxygen atoms in total. The first-order valence-electron chi connectivity index (χ1n) is 18.4. The normalized spacial score (nSPS) is 47.8. The summed E-state index contributed by atoms with van der Waals surface area (Å²) in [5.41, 5.74) is -3.88. The van der Waals surface area contributed by atoms with Crippen molar-refractivity contribution < 1.29 is 62.4 Å². The number of aliphatic hydroxyl groups excluding tert-OH is 1. The zero-order valence-electron chi connectivity index (χ0n) is 33.2. The van der Waals surface area contributed by atoms with Crippen LogP contribution in [-0.4, -0.2) is 129 Å². The SMILES string of the molecule is CC[C@H]1OC(=O)[C@H](C)[C@@H](O[C@H]2C[C@@](C)(OC)[C@@H](OC)[C@H](C)O2)[C@H](C)[C@@H](O[C@@H]2O[C@H](C)C=C[C@H]2OC)[C@](C)(OC)C[C@@H](C)C(=O)[C@H](C)[C@@H](O)[C@]1(C)O. The minimum atomic E-state index is -1.93. The fraction of sp³-hybridized carbons (Fsp3) is 0.895. The van der Waals surface area contributed by atoms with E-state index in [0.717, 1.165) is 0 Å². The Labute approximate surface area is 304 Å². The van der Waals surface area contributed by atoms with E-state index in [4.69, 9.17) is 42.6 Å². The monoisotopic (exact) mass is 730 g/mol. The molecule has 0 aromatic carbocycles. The van der Waals surface area contributed by atoms with Gasteiger partial charge in [0.25, 0.3) is 0 Å². The first-order valence-corrected chi connectivity index (χ1v) is 18.4. The van der Waals surface area contributed by atoms with Crippen LogP contribution in [0.15, 0.2) is 12.2 Å². The average Bonchev–Trinajstić information content (AvgIpc) is 3.09. The Balaban J connectivity index is 2.21. The van der Waals surface area contributed by atoms with Gasteiger partial charge >= 0.3 is 5.97 Å². The highest BCUT2D eigenvalue weighted by Crippen LogP contribution is 2.41. The Bertz CT molecular complexity index is 1180. The van der Waals surface area contributed by atoms with Crippen LogP contribution in [0.3, 0.4) is 0 Å². The van der Waals surface area contributed by atoms with Crippen molar-refractivity contribution >= 4 is 11.8 Å². The summed E-state index contributed by atoms with van der Waals surface area (Å²) >= 11 is 0. The van der Waals surface area contributed by atoms with E-state index in [1.165, 1.54) is 6.92 Å². The Kier molecular flexibility index (Phi) is 15.3. The summed E-state index contributed by atoms with van der Waals surface area (Å²) < 4.78 is 56.0. The quantitative estimate of drug-likeness (QED) is 0.260. The van der Waals surface area contributed by atoms with Crippen LogP contribution in [0.25, 0.3) is 0 Å². The van der Waals surface area contributed by atoms with Crippen molar-refractivity contribution in [3.05, 3.63) is 12.2 Å². The molecule has 0 saturated carbocycles. The summed E-state index contributed by atoms with van der Waals surface area (Å²) in [4.78, 5) is 28.1. The fourth-order valence-electron chi connectivity index (χ4n) is 8.35. The molecular weight excluding hydrogens is 664 g/mol. The molecule has 0 aliphatic carbocycles. The number of rotatable bonds is 9. The maximum Gasteiger partial charge on any atom is 0.311 e. The van der Waals surface area contributed by atoms with Crippen LogP contribution in [0.4, 0.5) is 0 Å². The van der Waals surface area contributed by atoms with E-state index in [2.05, 4.69) is 0 Å². The average molecular weight is 731 g/mol. The van der Waals surface area contributed by atoms with Gasteiger partial charge in [-0.25, -0.2) is 0 Å². The lowest BCUT2D eigenvalue weighted by molar-refractivity contribution is -0.312. The Morgan fingerprint density at radius 3 is 1.98 bits per heavy atom. The number of hydrogen-bond acceptors (Lipinski definition) is 13. The van der Waals surface area contributed by atoms with Gasteiger partial charge in [0, 0.05) is 52.6 Å². The van der Waals surface area contributed by atoms with Crippen molar-refractivity contribution in [2.45, 2.75) is 167 Å². The molecular formula is C38H66O13. The molecule has 0 aromatic heterocycles. The van der Waals surface area contributed by atoms with Gasteiger partial charge in [0.15, 0.2) is 12.6 Å². The third-order valence-electron chi connectivity index (χ3n) is 11.7. The Morgan fingerprint density at radius 2 is 1.43 bits per heavy atom. The summed E-state index contributed by atoms with van der Waals surface area (Å²) in [6.45, 7) is 17.6. The fourth-order valence-corrected chi connectivity index (χ4v) is 8.35. The number of hydrogen-bond donors (Lipinski definition) is 2. The van der Waals surface area contributed by atoms with Crippen LogP contribution in [0.2, 0.25) is 0 Å². The predicted molar refractivity (Wildman–Crippen MR) is 188 cm³/mol. The molecule has 0 bridgehead atoms. The number of esters is 1. The maximum atomic E-state index is 14.2. The van der Waals surface area contributed by atoms with E-state index in [9.17, 15) is 19.8 Å². The maximum absolute atomic E-state index is 14.2. The minimum Gasteiger partial charge on any atom is -0.459 e. The topological polar surface area (TPSA) is 158 Å². The summed E-state index contributed by atoms with van der Waals surface area (Å²) in [5.74, 6) is -4.14. The van der Waals surface area contributed by atoms with Crippen LogP contribution in [0, 0.1) is 23.7 Å². The molecule has 2 fully saturated rings. The molecule has 0 amide bonds. The van der Waals surface area contributed by atoms with Crippen molar-refractivity contribution in [1.29, 1.82) is 0 Å². The van der Waals surface area contributed by atoms with E-state index in [1.807, 2.05) is 46.8 Å². The lowest BCUT2D eigenvalue weighted by atomic mass is 9.74. The van der Waals surface area contributed by atoms with E-state index in [0.29, 0.717) is 0 Å². The van der Waals surface area contributed by atoms with Gasteiger partial charge in [0.2, 0.25) is 0 Å². The van der Waals surface area contributed by atoms with Crippen LogP contribution in [0.5, 0.6) is 0 Å². The van der Waals surface area contributed by atoms with Crippen molar-refractivity contribution in [2.75, 3.05) is 28.4 Å². The largest absolute Gasteiger partial charge is 0.459 e. The molecule has 3 aliphatic heterocycles. The summed E-state index contributed by atoms with van der Waals surface area (Å²) in [6, 6.07) is 0. The highest BCUT2D eigenvalue weighted by molar-refractivity contribution is 5.83. The van der Waals surface area contributed by atoms with Crippen LogP contribution >= 0.6 is 0 Å². The lowest BCUT2D eigenvalue weighted by Crippen LogP contribution is -2.60. The van der Waals surface area contributed by atoms with Gasteiger partial charge in [-0.3, -0.25) is 9.59 Å². The Hall–Kier alpha value is -1.52. The molecule has 2 saturated heterocycles. The molecule has 51 heavy (non-hydrogen) atoms. The molecule has 0 unspecified atom stereocenters. The number of methoxy groups -OCH3 is 4. The molecule has 3 rings (SSSR count). The van der Waals surface area contributed by atoms with E-state index >= 15 is 0 Å². The van der Waals surface area contributed by atoms with Crippen molar-refractivity contribution in [3.8, 4) is 0 Å². The van der Waals surface area contributed by atoms with Crippen molar-refractivity contribution in [1.82, 2.24) is 0 Å². The molecule has 3 aliphatic rings. The van der Waals surface area contributed by atoms with Gasteiger partial charge < -0.3 is 52.8 Å². The second-order valence-electron chi connectivity index (χ2n) is 15.6. The van der Waals surface area contributed by atoms with E-state index < -0.39 is 95.6 Å². The van der Waals surface area contributed by atoms with E-state index in [1.54, 1.807) is 56.1 Å². The van der Waals surface area contributed by atoms with Gasteiger partial charge in [-0.1, -0.05) is 39.8 Å². The Morgan fingerprint density at radius 1 is 0.824 bits per heavy atom. The molecule has 0 spiro atoms. The number of carbonyl (C=O) groups is 2. The first-order chi connectivity index (χ1) is 23.7. The van der Waals surface area contributed by atoms with Crippen molar-refractivity contribution in [2.24, 2.45) is 23.7 Å². The van der Waals surface area contributed by atoms with Gasteiger partial charge in [0.05, 0.1) is 47.6 Å². The lowest BCUT2D eigenvalue weighted by Gasteiger charge is -2.49. The van der Waals surface area contributed by atoms with Crippen LogP contribution in [-0.2, 0) is 52.2 Å². The molecule has 0 aromatic rings. The van der Waals surface area contributed by atoms with Gasteiger partial charge in [0.1, 0.15) is 29.7 Å². The van der Waals surface area contributed by atoms with E-state index in [-0.39, 0.29) is 37.3 Å². The summed E-state index contributed by atoms with van der Waals surface area (Å²) in [7, 11) is 6.33. The number of carbonyl (C=O) groups excluding carboxylic acids is 2. The summed E-state index contributed by atoms with van der Waals surface area (Å²) in [6.07, 6.45) is -3.36. The number of ketones is 1. The number of cyclic esters (lactones) is 1. The highest BCUT2D eigenvalue weighted by atomic mass is 16.7. The molecule has 296 valence electrons. The standard InChI is InChI=1S/C38H66O13/c1-15-27-38(10,42)31(40)22(4)29(39)20(2)18-36(8,45-13)32(51-35-26(43-11)17-16-21(3)47-35)23(5)30(24(6)34(41)49-27)50-28-19-37(9,46-14)33(44-12)25(7)48-28/h16-17,20-28,30-33,35,40,42H,15,18-19H2,1-14H3/t20-,21-,22+,23+,24-,25+,26-,27-,28+,30+,31-,32-,33+,35+,36-,37-,38-/m1/s1. The van der Waals surface area contributed by atoms with Gasteiger partial charge in [-0.05, 0) is 54.4 Å². The van der Waals surface area contributed by atoms with Gasteiger partial charge in [-0.2, -0.15) is 0 Å². The van der Waals surface area contributed by atoms with Crippen molar-refractivity contribution in [3.63, 3.8) is 0 Å². The molecule has 2 N–H and O–H groups in total.